The normalized spacial score (nSPS) is 16.7. The Balaban J connectivity index is 2.03. The molecule has 186 valence electrons. The summed E-state index contributed by atoms with van der Waals surface area (Å²) in [5.41, 5.74) is 5.84. The molecule has 1 heterocycles. The summed E-state index contributed by atoms with van der Waals surface area (Å²) in [4.78, 5) is 42.7. The van der Waals surface area contributed by atoms with E-state index >= 15 is 0 Å². The van der Waals surface area contributed by atoms with Crippen LogP contribution in [0.3, 0.4) is 0 Å². The van der Waals surface area contributed by atoms with Crippen LogP contribution in [0.15, 0.2) is 53.5 Å². The van der Waals surface area contributed by atoms with E-state index in [1.165, 1.54) is 12.1 Å². The highest BCUT2D eigenvalue weighted by Crippen LogP contribution is 2.31. The van der Waals surface area contributed by atoms with Crippen molar-refractivity contribution in [3.8, 4) is 0 Å². The number of fused-ring (bicyclic) bond motifs is 1. The van der Waals surface area contributed by atoms with Gasteiger partial charge in [0, 0.05) is 29.9 Å². The molecule has 0 aromatic heterocycles. The first kappa shape index (κ1) is 26.1. The number of rotatable bonds is 8. The molecule has 0 spiro atoms. The first-order valence-corrected chi connectivity index (χ1v) is 11.0. The molecule has 3 amide bonds. The van der Waals surface area contributed by atoms with Crippen molar-refractivity contribution in [3.63, 3.8) is 0 Å². The highest BCUT2D eigenvalue weighted by Gasteiger charge is 2.37. The molecule has 2 aromatic carbocycles. The number of hydrogen-bond acceptors (Lipinski definition) is 4. The summed E-state index contributed by atoms with van der Waals surface area (Å²) >= 11 is 5.96. The highest BCUT2D eigenvalue weighted by atomic mass is 35.5. The minimum Gasteiger partial charge on any atom is -0.370 e. The molecule has 2 aromatic rings. The Labute approximate surface area is 202 Å². The van der Waals surface area contributed by atoms with E-state index < -0.39 is 67.1 Å². The van der Waals surface area contributed by atoms with Gasteiger partial charge in [0.15, 0.2) is 0 Å². The summed E-state index contributed by atoms with van der Waals surface area (Å²) in [7, 11) is 0. The van der Waals surface area contributed by atoms with Crippen LogP contribution in [0.2, 0.25) is 0 Å². The van der Waals surface area contributed by atoms with Crippen molar-refractivity contribution < 1.29 is 31.9 Å². The Bertz CT molecular complexity index is 1140. The molecule has 1 aliphatic rings. The fraction of sp³-hybridized carbons (Fsp3) is 0.304. The van der Waals surface area contributed by atoms with Gasteiger partial charge in [0.2, 0.25) is 18.0 Å². The number of amides is 3. The van der Waals surface area contributed by atoms with Crippen molar-refractivity contribution in [2.75, 3.05) is 10.9 Å². The van der Waals surface area contributed by atoms with E-state index in [1.807, 2.05) is 0 Å². The number of nitrogens with zero attached hydrogens (tertiary/aromatic N) is 2. The van der Waals surface area contributed by atoms with Crippen LogP contribution in [0.4, 0.5) is 23.2 Å². The lowest BCUT2D eigenvalue weighted by atomic mass is 9.97. The number of hydrogen-bond donors (Lipinski definition) is 2. The maximum Gasteiger partial charge on any atom is 0.389 e. The molecule has 1 aliphatic heterocycles. The van der Waals surface area contributed by atoms with Crippen LogP contribution in [0.25, 0.3) is 0 Å². The smallest absolute Gasteiger partial charge is 0.370 e. The largest absolute Gasteiger partial charge is 0.389 e. The average molecular weight is 513 g/mol. The number of carbonyl (C=O) groups excluding carboxylic acids is 3. The average Bonchev–Trinajstić information content (AvgIpc) is 2.91. The van der Waals surface area contributed by atoms with Gasteiger partial charge in [-0.2, -0.15) is 13.2 Å². The Kier molecular flexibility index (Phi) is 8.11. The van der Waals surface area contributed by atoms with Crippen LogP contribution >= 0.6 is 11.6 Å². The lowest BCUT2D eigenvalue weighted by Crippen LogP contribution is -2.49. The van der Waals surface area contributed by atoms with Crippen LogP contribution < -0.4 is 16.0 Å². The van der Waals surface area contributed by atoms with Gasteiger partial charge in [0.05, 0.1) is 11.4 Å². The Hall–Kier alpha value is -3.47. The molecule has 7 nitrogen and oxygen atoms in total. The Morgan fingerprint density at radius 3 is 2.43 bits per heavy atom. The van der Waals surface area contributed by atoms with Crippen molar-refractivity contribution >= 4 is 40.7 Å². The number of anilines is 1. The molecule has 0 fully saturated rings. The van der Waals surface area contributed by atoms with E-state index in [9.17, 15) is 31.9 Å². The lowest BCUT2D eigenvalue weighted by Gasteiger charge is -2.24. The zero-order valence-corrected chi connectivity index (χ0v) is 18.9. The number of halogens is 5. The molecule has 0 saturated carbocycles. The third-order valence-corrected chi connectivity index (χ3v) is 5.55. The zero-order chi connectivity index (χ0) is 25.8. The molecule has 0 saturated heterocycles. The van der Waals surface area contributed by atoms with E-state index in [1.54, 1.807) is 30.3 Å². The molecule has 12 heteroatoms. The van der Waals surface area contributed by atoms with Gasteiger partial charge in [0.25, 0.3) is 5.91 Å². The molecule has 0 bridgehead atoms. The molecule has 3 N–H and O–H groups in total. The van der Waals surface area contributed by atoms with Crippen LogP contribution in [0, 0.1) is 11.7 Å². The van der Waals surface area contributed by atoms with E-state index in [-0.39, 0.29) is 17.0 Å². The topological polar surface area (TPSA) is 105 Å². The standard InChI is InChI=1S/C23H21ClF4N4O3/c24-12-32-19-15(7-4-8-16(19)25)18(13-5-2-1-3-6-13)30-20(22(32)35)31-21(34)14(11-17(29)33)9-10-23(26,27)28/h1-8,14,20H,9-12H2,(H2,29,33)(H,31,34)/t14-,20?/m1/s1. The molecule has 1 unspecified atom stereocenters. The highest BCUT2D eigenvalue weighted by molar-refractivity contribution is 6.25. The van der Waals surface area contributed by atoms with Crippen LogP contribution in [0.1, 0.15) is 30.4 Å². The number of para-hydroxylation sites is 1. The summed E-state index contributed by atoms with van der Waals surface area (Å²) in [5, 5.41) is 2.29. The van der Waals surface area contributed by atoms with Gasteiger partial charge in [-0.25, -0.2) is 9.38 Å². The molecule has 0 radical (unpaired) electrons. The zero-order valence-electron chi connectivity index (χ0n) is 18.2. The van der Waals surface area contributed by atoms with Crippen LogP contribution in [-0.2, 0) is 14.4 Å². The van der Waals surface area contributed by atoms with Gasteiger partial charge in [-0.3, -0.25) is 19.3 Å². The summed E-state index contributed by atoms with van der Waals surface area (Å²) in [6.45, 7) is 0. The van der Waals surface area contributed by atoms with Crippen molar-refractivity contribution in [2.45, 2.75) is 31.6 Å². The number of benzene rings is 2. The molecular formula is C23H21ClF4N4O3. The molecule has 3 rings (SSSR count). The second kappa shape index (κ2) is 10.9. The summed E-state index contributed by atoms with van der Waals surface area (Å²) in [5.74, 6) is -5.12. The van der Waals surface area contributed by atoms with E-state index in [2.05, 4.69) is 10.3 Å². The maximum atomic E-state index is 14.9. The third kappa shape index (κ3) is 6.36. The maximum absolute atomic E-state index is 14.9. The minimum atomic E-state index is -4.57. The summed E-state index contributed by atoms with van der Waals surface area (Å²) < 4.78 is 53.1. The minimum absolute atomic E-state index is 0.155. The predicted octanol–water partition coefficient (Wildman–Crippen LogP) is 3.48. The molecule has 2 atom stereocenters. The van der Waals surface area contributed by atoms with Crippen molar-refractivity contribution in [2.24, 2.45) is 16.6 Å². The third-order valence-electron chi connectivity index (χ3n) is 5.31. The van der Waals surface area contributed by atoms with E-state index in [0.29, 0.717) is 5.56 Å². The molecule has 0 aliphatic carbocycles. The van der Waals surface area contributed by atoms with Gasteiger partial charge in [-0.05, 0) is 12.5 Å². The van der Waals surface area contributed by atoms with Gasteiger partial charge in [-0.15, -0.1) is 11.6 Å². The SMILES string of the molecule is NC(=O)C[C@@H](CCC(F)(F)F)C(=O)NC1N=C(c2ccccc2)c2cccc(F)c2N(CCl)C1=O. The van der Waals surface area contributed by atoms with E-state index in [4.69, 9.17) is 17.3 Å². The van der Waals surface area contributed by atoms with Gasteiger partial charge >= 0.3 is 6.18 Å². The number of benzodiazepines with no additional fused rings is 1. The van der Waals surface area contributed by atoms with Crippen LogP contribution in [-0.4, -0.2) is 41.8 Å². The predicted molar refractivity (Wildman–Crippen MR) is 121 cm³/mol. The number of nitrogens with two attached hydrogens (primary N) is 1. The number of alkyl halides is 4. The number of carbonyl (C=O) groups is 3. The van der Waals surface area contributed by atoms with Crippen molar-refractivity contribution in [1.82, 2.24) is 5.32 Å². The summed E-state index contributed by atoms with van der Waals surface area (Å²) in [6, 6.07) is 12.0. The molecule has 35 heavy (non-hydrogen) atoms. The Morgan fingerprint density at radius 2 is 1.83 bits per heavy atom. The quantitative estimate of drug-likeness (QED) is 0.321. The first-order chi connectivity index (χ1) is 16.5. The van der Waals surface area contributed by atoms with Crippen molar-refractivity contribution in [1.29, 1.82) is 0 Å². The summed E-state index contributed by atoms with van der Waals surface area (Å²) in [6.07, 6.45) is -8.93. The monoisotopic (exact) mass is 512 g/mol. The first-order valence-electron chi connectivity index (χ1n) is 10.5. The number of primary amides is 1. The second-order valence-electron chi connectivity index (χ2n) is 7.80. The van der Waals surface area contributed by atoms with Gasteiger partial charge in [-0.1, -0.05) is 42.5 Å². The van der Waals surface area contributed by atoms with Gasteiger partial charge in [0.1, 0.15) is 11.8 Å². The Morgan fingerprint density at radius 1 is 1.14 bits per heavy atom. The fourth-order valence-electron chi connectivity index (χ4n) is 3.69. The number of nitrogens with one attached hydrogen (secondary N) is 1. The van der Waals surface area contributed by atoms with Crippen molar-refractivity contribution in [3.05, 3.63) is 65.5 Å². The number of aliphatic imine (C=N–C) groups is 1. The molecular weight excluding hydrogens is 492 g/mol. The fourth-order valence-corrected chi connectivity index (χ4v) is 3.93. The lowest BCUT2D eigenvalue weighted by molar-refractivity contribution is -0.143. The second-order valence-corrected chi connectivity index (χ2v) is 8.04. The van der Waals surface area contributed by atoms with Crippen LogP contribution in [0.5, 0.6) is 0 Å². The van der Waals surface area contributed by atoms with E-state index in [0.717, 1.165) is 11.0 Å². The van der Waals surface area contributed by atoms with Gasteiger partial charge < -0.3 is 11.1 Å².